The Balaban J connectivity index is 1.32. The Kier molecular flexibility index (Phi) is 6.22. The Morgan fingerprint density at radius 2 is 1.88 bits per heavy atom. The van der Waals surface area contributed by atoms with Crippen LogP contribution in [-0.4, -0.2) is 36.6 Å². The van der Waals surface area contributed by atoms with Crippen molar-refractivity contribution < 1.29 is 9.47 Å². The molecule has 1 aromatic heterocycles. The highest BCUT2D eigenvalue weighted by Crippen LogP contribution is 2.38. The van der Waals surface area contributed by atoms with E-state index in [-0.39, 0.29) is 0 Å². The van der Waals surface area contributed by atoms with Crippen LogP contribution in [0.15, 0.2) is 72.9 Å². The van der Waals surface area contributed by atoms with E-state index >= 15 is 0 Å². The molecule has 0 aliphatic carbocycles. The highest BCUT2D eigenvalue weighted by atomic mass is 16.5. The molecule has 164 valence electrons. The number of likely N-dealkylation sites (tertiary alicyclic amines) is 1. The van der Waals surface area contributed by atoms with Crippen molar-refractivity contribution in [3.8, 4) is 11.5 Å². The van der Waals surface area contributed by atoms with Crippen molar-refractivity contribution in [1.82, 2.24) is 9.88 Å². The number of hydrogen-bond acceptors (Lipinski definition) is 4. The first-order chi connectivity index (χ1) is 15.8. The van der Waals surface area contributed by atoms with E-state index in [4.69, 9.17) is 9.47 Å². The van der Waals surface area contributed by atoms with Gasteiger partial charge in [0, 0.05) is 23.9 Å². The lowest BCUT2D eigenvalue weighted by molar-refractivity contribution is 0.216. The molecule has 0 amide bonds. The van der Waals surface area contributed by atoms with Crippen LogP contribution in [0, 0.1) is 0 Å². The van der Waals surface area contributed by atoms with E-state index < -0.39 is 0 Å². The third kappa shape index (κ3) is 4.42. The normalized spacial score (nSPS) is 17.8. The van der Waals surface area contributed by atoms with Gasteiger partial charge in [0.05, 0.1) is 12.8 Å². The van der Waals surface area contributed by atoms with Crippen LogP contribution < -0.4 is 9.47 Å². The number of methoxy groups -OCH3 is 1. The Morgan fingerprint density at radius 3 is 2.69 bits per heavy atom. The molecule has 0 atom stereocenters. The van der Waals surface area contributed by atoms with E-state index in [1.807, 2.05) is 24.4 Å². The lowest BCUT2D eigenvalue weighted by atomic mass is 9.89. The molecule has 1 fully saturated rings. The standard InChI is InChI=1S/C28H30N2O2/c1-31-23-11-12-28-26(19-23)24(25-9-5-15-29-27(25)20-32-28)10-6-16-30-17-13-22(14-18-30)21-7-3-2-4-8-21/h2-5,7-12,15,19,22H,6,13-14,16-18,20H2,1H3/b24-10+. The molecule has 2 aromatic carbocycles. The zero-order valence-electron chi connectivity index (χ0n) is 18.7. The summed E-state index contributed by atoms with van der Waals surface area (Å²) < 4.78 is 11.6. The van der Waals surface area contributed by atoms with Crippen molar-refractivity contribution in [3.05, 3.63) is 95.3 Å². The van der Waals surface area contributed by atoms with Gasteiger partial charge in [0.25, 0.3) is 0 Å². The lowest BCUT2D eigenvalue weighted by Gasteiger charge is -2.32. The molecule has 2 aliphatic rings. The number of rotatable bonds is 5. The summed E-state index contributed by atoms with van der Waals surface area (Å²) in [5.41, 5.74) is 5.90. The van der Waals surface area contributed by atoms with E-state index in [0.717, 1.165) is 54.4 Å². The summed E-state index contributed by atoms with van der Waals surface area (Å²) in [6.07, 6.45) is 7.67. The predicted octanol–water partition coefficient (Wildman–Crippen LogP) is 5.68. The number of hydrogen-bond donors (Lipinski definition) is 0. The molecule has 0 saturated carbocycles. The SMILES string of the molecule is COc1ccc2c(c1)/C(=C/CCN1CCC(c3ccccc3)CC1)c1cccnc1CO2. The number of piperidine rings is 1. The smallest absolute Gasteiger partial charge is 0.131 e. The van der Waals surface area contributed by atoms with Gasteiger partial charge in [-0.3, -0.25) is 4.98 Å². The molecular formula is C28H30N2O2. The molecule has 2 aliphatic heterocycles. The summed E-state index contributed by atoms with van der Waals surface area (Å²) in [5, 5.41) is 0. The summed E-state index contributed by atoms with van der Waals surface area (Å²) in [5.74, 6) is 2.43. The second-order valence-corrected chi connectivity index (χ2v) is 8.58. The molecule has 5 rings (SSSR count). The van der Waals surface area contributed by atoms with Gasteiger partial charge in [0.1, 0.15) is 18.1 Å². The van der Waals surface area contributed by atoms with Crippen LogP contribution in [0.1, 0.15) is 47.6 Å². The number of pyridine rings is 1. The minimum Gasteiger partial charge on any atom is -0.497 e. The first kappa shape index (κ1) is 20.8. The van der Waals surface area contributed by atoms with Crippen LogP contribution >= 0.6 is 0 Å². The fourth-order valence-electron chi connectivity index (χ4n) is 4.89. The molecule has 32 heavy (non-hydrogen) atoms. The maximum atomic E-state index is 6.09. The van der Waals surface area contributed by atoms with Crippen molar-refractivity contribution in [2.75, 3.05) is 26.7 Å². The number of benzene rings is 2. The molecular weight excluding hydrogens is 396 g/mol. The van der Waals surface area contributed by atoms with Crippen LogP contribution in [0.4, 0.5) is 0 Å². The molecule has 3 heterocycles. The molecule has 0 radical (unpaired) electrons. The second kappa shape index (κ2) is 9.58. The maximum absolute atomic E-state index is 6.09. The van der Waals surface area contributed by atoms with Gasteiger partial charge in [-0.05, 0) is 73.7 Å². The van der Waals surface area contributed by atoms with Crippen molar-refractivity contribution in [2.24, 2.45) is 0 Å². The van der Waals surface area contributed by atoms with Crippen LogP contribution in [0.25, 0.3) is 5.57 Å². The van der Waals surface area contributed by atoms with Gasteiger partial charge >= 0.3 is 0 Å². The third-order valence-corrected chi connectivity index (χ3v) is 6.67. The highest BCUT2D eigenvalue weighted by Gasteiger charge is 2.22. The maximum Gasteiger partial charge on any atom is 0.131 e. The molecule has 0 spiro atoms. The second-order valence-electron chi connectivity index (χ2n) is 8.58. The predicted molar refractivity (Wildman–Crippen MR) is 128 cm³/mol. The minimum atomic E-state index is 0.486. The van der Waals surface area contributed by atoms with Gasteiger partial charge < -0.3 is 14.4 Å². The van der Waals surface area contributed by atoms with Crippen molar-refractivity contribution in [3.63, 3.8) is 0 Å². The van der Waals surface area contributed by atoms with Gasteiger partial charge in [0.2, 0.25) is 0 Å². The van der Waals surface area contributed by atoms with Crippen molar-refractivity contribution >= 4 is 5.57 Å². The average Bonchev–Trinajstić information content (AvgIpc) is 3.01. The largest absolute Gasteiger partial charge is 0.497 e. The zero-order chi connectivity index (χ0) is 21.8. The first-order valence-electron chi connectivity index (χ1n) is 11.5. The van der Waals surface area contributed by atoms with Crippen molar-refractivity contribution in [1.29, 1.82) is 0 Å². The fourth-order valence-corrected chi connectivity index (χ4v) is 4.89. The van der Waals surface area contributed by atoms with Gasteiger partial charge in [-0.15, -0.1) is 0 Å². The van der Waals surface area contributed by atoms with E-state index in [2.05, 4.69) is 58.4 Å². The summed E-state index contributed by atoms with van der Waals surface area (Å²) in [7, 11) is 1.71. The molecule has 0 bridgehead atoms. The summed E-state index contributed by atoms with van der Waals surface area (Å²) in [6, 6.07) is 21.2. The highest BCUT2D eigenvalue weighted by molar-refractivity contribution is 5.85. The number of nitrogens with zero attached hydrogens (tertiary/aromatic N) is 2. The lowest BCUT2D eigenvalue weighted by Crippen LogP contribution is -2.33. The molecule has 0 N–H and O–H groups in total. The quantitative estimate of drug-likeness (QED) is 0.525. The van der Waals surface area contributed by atoms with Gasteiger partial charge in [-0.1, -0.05) is 42.5 Å². The average molecular weight is 427 g/mol. The van der Waals surface area contributed by atoms with Gasteiger partial charge in [-0.2, -0.15) is 0 Å². The number of aromatic nitrogens is 1. The third-order valence-electron chi connectivity index (χ3n) is 6.67. The van der Waals surface area contributed by atoms with Gasteiger partial charge in [-0.25, -0.2) is 0 Å². The fraction of sp³-hybridized carbons (Fsp3) is 0.321. The Bertz CT molecular complexity index is 1090. The molecule has 3 aromatic rings. The minimum absolute atomic E-state index is 0.486. The van der Waals surface area contributed by atoms with Crippen LogP contribution in [0.2, 0.25) is 0 Å². The first-order valence-corrected chi connectivity index (χ1v) is 11.5. The number of ether oxygens (including phenoxy) is 2. The van der Waals surface area contributed by atoms with Crippen molar-refractivity contribution in [2.45, 2.75) is 31.8 Å². The monoisotopic (exact) mass is 426 g/mol. The summed E-state index contributed by atoms with van der Waals surface area (Å²) in [4.78, 5) is 7.18. The van der Waals surface area contributed by atoms with E-state index in [0.29, 0.717) is 12.5 Å². The Hall–Kier alpha value is -3.11. The van der Waals surface area contributed by atoms with E-state index in [9.17, 15) is 0 Å². The zero-order valence-corrected chi connectivity index (χ0v) is 18.7. The van der Waals surface area contributed by atoms with E-state index in [1.165, 1.54) is 24.0 Å². The summed E-state index contributed by atoms with van der Waals surface area (Å²) >= 11 is 0. The molecule has 4 nitrogen and oxygen atoms in total. The topological polar surface area (TPSA) is 34.6 Å². The molecule has 1 saturated heterocycles. The number of fused-ring (bicyclic) bond motifs is 2. The molecule has 0 unspecified atom stereocenters. The Labute approximate surface area is 190 Å². The van der Waals surface area contributed by atoms with E-state index in [1.54, 1.807) is 7.11 Å². The van der Waals surface area contributed by atoms with Gasteiger partial charge in [0.15, 0.2) is 0 Å². The Morgan fingerprint density at radius 1 is 1.03 bits per heavy atom. The van der Waals surface area contributed by atoms with Crippen LogP contribution in [-0.2, 0) is 6.61 Å². The molecule has 4 heteroatoms. The van der Waals surface area contributed by atoms with Crippen LogP contribution in [0.5, 0.6) is 11.5 Å². The van der Waals surface area contributed by atoms with Crippen LogP contribution in [0.3, 0.4) is 0 Å². The summed E-state index contributed by atoms with van der Waals surface area (Å²) in [6.45, 7) is 3.88.